The summed E-state index contributed by atoms with van der Waals surface area (Å²) in [6.07, 6.45) is 0.991. The third-order valence-electron chi connectivity index (χ3n) is 2.89. The number of hydrogen-bond acceptors (Lipinski definition) is 4. The fourth-order valence-corrected chi connectivity index (χ4v) is 1.68. The molecule has 0 aromatic carbocycles. The lowest BCUT2D eigenvalue weighted by atomic mass is 10.2. The summed E-state index contributed by atoms with van der Waals surface area (Å²) in [6, 6.07) is 0.522. The van der Waals surface area contributed by atoms with Crippen LogP contribution in [0.25, 0.3) is 0 Å². The van der Waals surface area contributed by atoms with Gasteiger partial charge in [0.25, 0.3) is 0 Å². The van der Waals surface area contributed by atoms with E-state index < -0.39 is 0 Å². The Kier molecular flexibility index (Phi) is 10.9. The standard InChI is InChI=1S/C13H29NO3/c1-6-12(4)14(9-10-15-5)11-13(16-7-2)17-8-3/h12-13H,6-11H2,1-5H3. The second kappa shape index (κ2) is 11.0. The van der Waals surface area contributed by atoms with Crippen LogP contribution in [0.3, 0.4) is 0 Å². The maximum Gasteiger partial charge on any atom is 0.170 e. The van der Waals surface area contributed by atoms with Gasteiger partial charge in [0, 0.05) is 39.5 Å². The summed E-state index contributed by atoms with van der Waals surface area (Å²) >= 11 is 0. The zero-order valence-electron chi connectivity index (χ0n) is 12.1. The quantitative estimate of drug-likeness (QED) is 0.523. The minimum atomic E-state index is -0.129. The van der Waals surface area contributed by atoms with Gasteiger partial charge in [0.1, 0.15) is 0 Å². The van der Waals surface area contributed by atoms with Gasteiger partial charge in [-0.2, -0.15) is 0 Å². The van der Waals surface area contributed by atoms with Crippen molar-refractivity contribution in [3.63, 3.8) is 0 Å². The molecule has 0 aromatic rings. The molecule has 0 bridgehead atoms. The molecule has 0 aliphatic carbocycles. The Labute approximate surface area is 106 Å². The van der Waals surface area contributed by atoms with Crippen LogP contribution in [0.15, 0.2) is 0 Å². The van der Waals surface area contributed by atoms with E-state index >= 15 is 0 Å². The van der Waals surface area contributed by atoms with Crippen molar-refractivity contribution in [2.45, 2.75) is 46.4 Å². The molecule has 0 saturated heterocycles. The molecule has 0 aliphatic rings. The molecule has 0 radical (unpaired) electrons. The normalized spacial score (nSPS) is 13.6. The predicted molar refractivity (Wildman–Crippen MR) is 70.2 cm³/mol. The minimum absolute atomic E-state index is 0.129. The van der Waals surface area contributed by atoms with Gasteiger partial charge >= 0.3 is 0 Å². The molecule has 1 atom stereocenters. The van der Waals surface area contributed by atoms with Crippen LogP contribution in [0.2, 0.25) is 0 Å². The molecule has 17 heavy (non-hydrogen) atoms. The molecule has 0 spiro atoms. The van der Waals surface area contributed by atoms with Gasteiger partial charge in [-0.3, -0.25) is 4.90 Å². The monoisotopic (exact) mass is 247 g/mol. The van der Waals surface area contributed by atoms with E-state index in [0.29, 0.717) is 19.3 Å². The van der Waals surface area contributed by atoms with Gasteiger partial charge < -0.3 is 14.2 Å². The van der Waals surface area contributed by atoms with E-state index in [4.69, 9.17) is 14.2 Å². The lowest BCUT2D eigenvalue weighted by Gasteiger charge is -2.31. The molecular formula is C13H29NO3. The summed E-state index contributed by atoms with van der Waals surface area (Å²) in [4.78, 5) is 2.36. The Morgan fingerprint density at radius 1 is 1.06 bits per heavy atom. The summed E-state index contributed by atoms with van der Waals surface area (Å²) < 4.78 is 16.3. The van der Waals surface area contributed by atoms with Crippen molar-refractivity contribution < 1.29 is 14.2 Å². The van der Waals surface area contributed by atoms with Crippen LogP contribution in [0.1, 0.15) is 34.1 Å². The molecule has 0 amide bonds. The zero-order valence-corrected chi connectivity index (χ0v) is 12.1. The third kappa shape index (κ3) is 7.71. The van der Waals surface area contributed by atoms with Crippen molar-refractivity contribution in [2.75, 3.05) is 40.0 Å². The van der Waals surface area contributed by atoms with Gasteiger partial charge in [0.05, 0.1) is 6.61 Å². The van der Waals surface area contributed by atoms with Crippen LogP contribution in [0, 0.1) is 0 Å². The topological polar surface area (TPSA) is 30.9 Å². The van der Waals surface area contributed by atoms with Gasteiger partial charge in [0.15, 0.2) is 6.29 Å². The van der Waals surface area contributed by atoms with Gasteiger partial charge in [-0.25, -0.2) is 0 Å². The summed E-state index contributed by atoms with van der Waals surface area (Å²) in [7, 11) is 1.73. The second-order valence-corrected chi connectivity index (χ2v) is 4.09. The Morgan fingerprint density at radius 3 is 2.06 bits per heavy atom. The summed E-state index contributed by atoms with van der Waals surface area (Å²) in [6.45, 7) is 12.2. The molecule has 0 N–H and O–H groups in total. The molecule has 0 heterocycles. The molecule has 4 nitrogen and oxygen atoms in total. The highest BCUT2D eigenvalue weighted by atomic mass is 16.7. The summed E-state index contributed by atoms with van der Waals surface area (Å²) in [5.41, 5.74) is 0. The first kappa shape index (κ1) is 16.8. The number of ether oxygens (including phenoxy) is 3. The Morgan fingerprint density at radius 2 is 1.65 bits per heavy atom. The average molecular weight is 247 g/mol. The second-order valence-electron chi connectivity index (χ2n) is 4.09. The van der Waals surface area contributed by atoms with E-state index in [9.17, 15) is 0 Å². The maximum atomic E-state index is 5.58. The van der Waals surface area contributed by atoms with Crippen LogP contribution in [0.5, 0.6) is 0 Å². The van der Waals surface area contributed by atoms with E-state index in [2.05, 4.69) is 18.7 Å². The molecule has 0 aliphatic heterocycles. The molecule has 104 valence electrons. The number of nitrogens with zero attached hydrogens (tertiary/aromatic N) is 1. The molecule has 0 aromatic heterocycles. The molecule has 4 heteroatoms. The highest BCUT2D eigenvalue weighted by Gasteiger charge is 2.18. The Balaban J connectivity index is 4.24. The fourth-order valence-electron chi connectivity index (χ4n) is 1.68. The lowest BCUT2D eigenvalue weighted by Crippen LogP contribution is -2.42. The SMILES string of the molecule is CCOC(CN(CCOC)C(C)CC)OCC. The average Bonchev–Trinajstić information content (AvgIpc) is 2.33. The van der Waals surface area contributed by atoms with Gasteiger partial charge in [-0.05, 0) is 27.2 Å². The van der Waals surface area contributed by atoms with Crippen molar-refractivity contribution in [1.82, 2.24) is 4.90 Å². The van der Waals surface area contributed by atoms with Gasteiger partial charge in [-0.15, -0.1) is 0 Å². The molecular weight excluding hydrogens is 218 g/mol. The van der Waals surface area contributed by atoms with E-state index in [1.807, 2.05) is 13.8 Å². The van der Waals surface area contributed by atoms with E-state index in [1.165, 1.54) is 0 Å². The van der Waals surface area contributed by atoms with Crippen LogP contribution in [0.4, 0.5) is 0 Å². The van der Waals surface area contributed by atoms with Crippen LogP contribution in [-0.2, 0) is 14.2 Å². The van der Waals surface area contributed by atoms with Gasteiger partial charge in [-0.1, -0.05) is 6.92 Å². The Hall–Kier alpha value is -0.160. The van der Waals surface area contributed by atoms with E-state index in [1.54, 1.807) is 7.11 Å². The minimum Gasteiger partial charge on any atom is -0.383 e. The van der Waals surface area contributed by atoms with Crippen molar-refractivity contribution in [2.24, 2.45) is 0 Å². The number of rotatable bonds is 11. The van der Waals surface area contributed by atoms with Crippen molar-refractivity contribution in [3.8, 4) is 0 Å². The number of methoxy groups -OCH3 is 1. The molecule has 0 saturated carbocycles. The highest BCUT2D eigenvalue weighted by molar-refractivity contribution is 4.67. The predicted octanol–water partition coefficient (Wildman–Crippen LogP) is 2.13. The van der Waals surface area contributed by atoms with Crippen molar-refractivity contribution in [3.05, 3.63) is 0 Å². The van der Waals surface area contributed by atoms with Gasteiger partial charge in [0.2, 0.25) is 0 Å². The molecule has 1 unspecified atom stereocenters. The lowest BCUT2D eigenvalue weighted by molar-refractivity contribution is -0.151. The first-order chi connectivity index (χ1) is 8.19. The Bertz CT molecular complexity index is 161. The van der Waals surface area contributed by atoms with E-state index in [0.717, 1.165) is 26.1 Å². The van der Waals surface area contributed by atoms with Crippen molar-refractivity contribution in [1.29, 1.82) is 0 Å². The zero-order chi connectivity index (χ0) is 13.1. The smallest absolute Gasteiger partial charge is 0.170 e. The van der Waals surface area contributed by atoms with Crippen LogP contribution in [-0.4, -0.2) is 57.3 Å². The first-order valence-corrected chi connectivity index (χ1v) is 6.65. The number of hydrogen-bond donors (Lipinski definition) is 0. The largest absolute Gasteiger partial charge is 0.383 e. The van der Waals surface area contributed by atoms with E-state index in [-0.39, 0.29) is 6.29 Å². The maximum absolute atomic E-state index is 5.58. The fraction of sp³-hybridized carbons (Fsp3) is 1.00. The third-order valence-corrected chi connectivity index (χ3v) is 2.89. The highest BCUT2D eigenvalue weighted by Crippen LogP contribution is 2.07. The van der Waals surface area contributed by atoms with Crippen LogP contribution < -0.4 is 0 Å². The van der Waals surface area contributed by atoms with Crippen LogP contribution >= 0.6 is 0 Å². The first-order valence-electron chi connectivity index (χ1n) is 6.65. The molecule has 0 rings (SSSR count). The molecule has 0 fully saturated rings. The van der Waals surface area contributed by atoms with Crippen molar-refractivity contribution >= 4 is 0 Å². The summed E-state index contributed by atoms with van der Waals surface area (Å²) in [5, 5.41) is 0. The summed E-state index contributed by atoms with van der Waals surface area (Å²) in [5.74, 6) is 0.